The number of benzene rings is 9. The molecule has 2 aliphatic rings. The topological polar surface area (TPSA) is 34.9 Å². The molecule has 12 rings (SSSR count). The summed E-state index contributed by atoms with van der Waals surface area (Å²) in [6, 6.07) is 75.6. The molecule has 0 atom stereocenters. The van der Waals surface area contributed by atoms with Crippen LogP contribution in [-0.4, -0.2) is 6.71 Å². The van der Waals surface area contributed by atoms with Gasteiger partial charge < -0.3 is 24.4 Å². The molecule has 0 amide bonds. The molecule has 10 aromatic rings. The van der Waals surface area contributed by atoms with Gasteiger partial charge in [0.25, 0.3) is 6.71 Å². The second-order valence-electron chi connectivity index (χ2n) is 21.7. The highest BCUT2D eigenvalue weighted by Gasteiger charge is 2.45. The average molecular weight is 935 g/mol. The van der Waals surface area contributed by atoms with E-state index in [2.05, 4.69) is 270 Å². The Morgan fingerprint density at radius 2 is 1.08 bits per heavy atom. The van der Waals surface area contributed by atoms with Gasteiger partial charge in [-0.25, -0.2) is 0 Å². The van der Waals surface area contributed by atoms with Crippen LogP contribution in [0, 0.1) is 13.8 Å². The van der Waals surface area contributed by atoms with Crippen LogP contribution in [0.1, 0.15) is 63.8 Å². The first kappa shape index (κ1) is 45.0. The molecule has 0 saturated carbocycles. The predicted molar refractivity (Wildman–Crippen MR) is 307 cm³/mol. The highest BCUT2D eigenvalue weighted by molar-refractivity contribution is 7.00. The van der Waals surface area contributed by atoms with E-state index in [1.165, 1.54) is 50.0 Å². The quantitative estimate of drug-likeness (QED) is 0.154. The van der Waals surface area contributed by atoms with Gasteiger partial charge >= 0.3 is 0 Å². The number of nitrogens with one attached hydrogen (secondary N) is 1. The van der Waals surface area contributed by atoms with Crippen molar-refractivity contribution in [2.24, 2.45) is 0 Å². The fourth-order valence-corrected chi connectivity index (χ4v) is 11.1. The molecule has 352 valence electrons. The van der Waals surface area contributed by atoms with E-state index in [0.717, 1.165) is 73.5 Å². The average Bonchev–Trinajstić information content (AvgIpc) is 3.82. The summed E-state index contributed by atoms with van der Waals surface area (Å²) in [4.78, 5) is 7.53. The number of rotatable bonds is 8. The molecular weight excluding hydrogens is 876 g/mol. The first-order chi connectivity index (χ1) is 34.8. The first-order valence-corrected chi connectivity index (χ1v) is 25.3. The molecule has 9 aromatic carbocycles. The van der Waals surface area contributed by atoms with Gasteiger partial charge in [0, 0.05) is 62.1 Å². The summed E-state index contributed by atoms with van der Waals surface area (Å²) in [5.41, 5.74) is 22.9. The Kier molecular flexibility index (Phi) is 10.8. The normalized spacial score (nSPS) is 12.9. The summed E-state index contributed by atoms with van der Waals surface area (Å²) in [6.07, 6.45) is 0. The smallest absolute Gasteiger partial charge is 0.252 e. The van der Waals surface area contributed by atoms with Crippen LogP contribution in [0.3, 0.4) is 0 Å². The summed E-state index contributed by atoms with van der Waals surface area (Å²) in [5, 5.41) is 4.87. The van der Waals surface area contributed by atoms with Gasteiger partial charge in [0.15, 0.2) is 0 Å². The molecule has 3 heterocycles. The van der Waals surface area contributed by atoms with Crippen LogP contribution in [-0.2, 0) is 10.8 Å². The first-order valence-electron chi connectivity index (χ1n) is 25.3. The van der Waals surface area contributed by atoms with E-state index < -0.39 is 0 Å². The SMILES string of the molecule is Cc1cccc(C)c1N1c2cc(Nc3ccccc3)ccc2B2c3cc(C(C)(C)C)ccc3N(c3ccc(C(C)(C)C)cc3)c3cc(N(c4ccccc4)c4ccc(-c5cc6ccccc6o5)cc4)cc1c32. The Morgan fingerprint density at radius 3 is 1.76 bits per heavy atom. The minimum absolute atomic E-state index is 0.00407. The highest BCUT2D eigenvalue weighted by atomic mass is 16.3. The molecule has 1 N–H and O–H groups in total. The Hall–Kier alpha value is -8.22. The third-order valence-corrected chi connectivity index (χ3v) is 14.7. The van der Waals surface area contributed by atoms with Crippen LogP contribution < -0.4 is 36.4 Å². The fraction of sp³-hybridized carbons (Fsp3) is 0.152. The molecule has 0 unspecified atom stereocenters. The van der Waals surface area contributed by atoms with E-state index in [9.17, 15) is 0 Å². The van der Waals surface area contributed by atoms with Crippen LogP contribution >= 0.6 is 0 Å². The molecule has 0 aliphatic carbocycles. The largest absolute Gasteiger partial charge is 0.456 e. The van der Waals surface area contributed by atoms with Crippen LogP contribution in [0.2, 0.25) is 0 Å². The molecular formula is C66H59BN4O. The van der Waals surface area contributed by atoms with Crippen molar-refractivity contribution in [1.82, 2.24) is 0 Å². The zero-order valence-corrected chi connectivity index (χ0v) is 42.5. The molecule has 0 spiro atoms. The number of aryl methyl sites for hydroxylation is 2. The number of para-hydroxylation sites is 4. The zero-order valence-electron chi connectivity index (χ0n) is 42.5. The summed E-state index contributed by atoms with van der Waals surface area (Å²) in [7, 11) is 0. The maximum Gasteiger partial charge on any atom is 0.252 e. The monoisotopic (exact) mass is 934 g/mol. The molecule has 5 nitrogen and oxygen atoms in total. The van der Waals surface area contributed by atoms with E-state index >= 15 is 0 Å². The van der Waals surface area contributed by atoms with E-state index in [4.69, 9.17) is 4.42 Å². The van der Waals surface area contributed by atoms with Crippen molar-refractivity contribution in [3.63, 3.8) is 0 Å². The molecule has 0 saturated heterocycles. The van der Waals surface area contributed by atoms with E-state index in [1.807, 2.05) is 12.1 Å². The highest BCUT2D eigenvalue weighted by Crippen LogP contribution is 2.50. The van der Waals surface area contributed by atoms with Crippen molar-refractivity contribution in [3.05, 3.63) is 229 Å². The number of anilines is 11. The molecule has 2 aliphatic heterocycles. The number of hydrogen-bond donors (Lipinski definition) is 1. The number of nitrogens with zero attached hydrogens (tertiary/aromatic N) is 3. The van der Waals surface area contributed by atoms with Gasteiger partial charge in [-0.05, 0) is 166 Å². The van der Waals surface area contributed by atoms with E-state index in [1.54, 1.807) is 0 Å². The van der Waals surface area contributed by atoms with Gasteiger partial charge in [0.05, 0.1) is 11.4 Å². The minimum atomic E-state index is -0.0685. The number of fused-ring (bicyclic) bond motifs is 5. The molecule has 0 fully saturated rings. The van der Waals surface area contributed by atoms with E-state index in [0.29, 0.717) is 0 Å². The molecule has 1 aromatic heterocycles. The molecule has 6 heteroatoms. The van der Waals surface area contributed by atoms with Gasteiger partial charge in [-0.2, -0.15) is 0 Å². The minimum Gasteiger partial charge on any atom is -0.456 e. The Labute approximate surface area is 425 Å². The summed E-state index contributed by atoms with van der Waals surface area (Å²) in [5.74, 6) is 0.851. The lowest BCUT2D eigenvalue weighted by Crippen LogP contribution is -2.61. The summed E-state index contributed by atoms with van der Waals surface area (Å²) >= 11 is 0. The second kappa shape index (κ2) is 17.3. The second-order valence-corrected chi connectivity index (χ2v) is 21.7. The molecule has 0 radical (unpaired) electrons. The number of furan rings is 1. The third-order valence-electron chi connectivity index (χ3n) is 14.7. The van der Waals surface area contributed by atoms with Gasteiger partial charge in [-0.3, -0.25) is 0 Å². The maximum atomic E-state index is 6.38. The standard InChI is InChI=1S/C66H59BN4O/c1-43-18-17-19-44(2)64(43)71-58-40-50(68-49-21-11-9-12-22-49)31-36-55(58)67-56-39-48(66(6,7)8)30-37-57(56)70(53-34-28-47(29-35-53)65(3,4)5)59-41-54(42-60(71)63(59)67)69(51-23-13-10-14-24-51)52-32-26-45(27-33-52)62-38-46-20-15-16-25-61(46)72-62/h9-42,68H,1-8H3. The van der Waals surface area contributed by atoms with Crippen molar-refractivity contribution < 1.29 is 4.42 Å². The Balaban J connectivity index is 1.16. The summed E-state index contributed by atoms with van der Waals surface area (Å²) in [6.45, 7) is 18.3. The fourth-order valence-electron chi connectivity index (χ4n) is 11.1. The van der Waals surface area contributed by atoms with Gasteiger partial charge in [0.1, 0.15) is 11.3 Å². The van der Waals surface area contributed by atoms with Crippen LogP contribution in [0.4, 0.5) is 62.6 Å². The molecule has 72 heavy (non-hydrogen) atoms. The van der Waals surface area contributed by atoms with Gasteiger partial charge in [-0.1, -0.05) is 145 Å². The zero-order chi connectivity index (χ0) is 49.5. The van der Waals surface area contributed by atoms with Crippen molar-refractivity contribution in [1.29, 1.82) is 0 Å². The van der Waals surface area contributed by atoms with E-state index in [-0.39, 0.29) is 17.5 Å². The van der Waals surface area contributed by atoms with Gasteiger partial charge in [-0.15, -0.1) is 0 Å². The van der Waals surface area contributed by atoms with Crippen molar-refractivity contribution in [2.45, 2.75) is 66.2 Å². The van der Waals surface area contributed by atoms with Gasteiger partial charge in [0.2, 0.25) is 0 Å². The van der Waals surface area contributed by atoms with Crippen LogP contribution in [0.25, 0.3) is 22.3 Å². The number of hydrogen-bond acceptors (Lipinski definition) is 5. The van der Waals surface area contributed by atoms with Crippen molar-refractivity contribution in [2.75, 3.05) is 20.0 Å². The lowest BCUT2D eigenvalue weighted by atomic mass is 9.33. The van der Waals surface area contributed by atoms with Crippen LogP contribution in [0.15, 0.2) is 211 Å². The lowest BCUT2D eigenvalue weighted by Gasteiger charge is -2.46. The third kappa shape index (κ3) is 7.83. The molecule has 0 bridgehead atoms. The Morgan fingerprint density at radius 1 is 0.458 bits per heavy atom. The van der Waals surface area contributed by atoms with Crippen molar-refractivity contribution >= 4 is 96.6 Å². The predicted octanol–water partition coefficient (Wildman–Crippen LogP) is 16.6. The Bertz CT molecular complexity index is 3610. The van der Waals surface area contributed by atoms with Crippen molar-refractivity contribution in [3.8, 4) is 11.3 Å². The lowest BCUT2D eigenvalue weighted by molar-refractivity contribution is 0.590. The summed E-state index contributed by atoms with van der Waals surface area (Å²) < 4.78 is 6.38. The maximum absolute atomic E-state index is 6.38. The van der Waals surface area contributed by atoms with Crippen LogP contribution in [0.5, 0.6) is 0 Å².